The number of halogens is 1. The summed E-state index contributed by atoms with van der Waals surface area (Å²) in [7, 11) is 1.67. The Morgan fingerprint density at radius 3 is 2.67 bits per heavy atom. The van der Waals surface area contributed by atoms with E-state index in [4.69, 9.17) is 4.74 Å². The first-order valence-electron chi connectivity index (χ1n) is 8.89. The number of carbonyl (C=O) groups excluding carboxylic acids is 2. The van der Waals surface area contributed by atoms with Crippen molar-refractivity contribution in [2.24, 2.45) is 5.41 Å². The summed E-state index contributed by atoms with van der Waals surface area (Å²) in [4.78, 5) is 26.9. The van der Waals surface area contributed by atoms with Gasteiger partial charge in [0.2, 0.25) is 11.8 Å². The van der Waals surface area contributed by atoms with Gasteiger partial charge in [-0.05, 0) is 45.2 Å². The molecule has 7 heteroatoms. The van der Waals surface area contributed by atoms with Crippen LogP contribution >= 0.6 is 12.4 Å². The zero-order valence-corrected chi connectivity index (χ0v) is 15.8. The molecule has 0 saturated carbocycles. The molecule has 0 aromatic heterocycles. The summed E-state index contributed by atoms with van der Waals surface area (Å²) in [5.41, 5.74) is -0.394. The number of carbonyl (C=O) groups is 2. The number of methoxy groups -OCH3 is 1. The minimum Gasteiger partial charge on any atom is -0.384 e. The van der Waals surface area contributed by atoms with Gasteiger partial charge in [-0.15, -0.1) is 12.4 Å². The van der Waals surface area contributed by atoms with Crippen molar-refractivity contribution in [3.05, 3.63) is 0 Å². The number of hydrogen-bond acceptors (Lipinski definition) is 4. The van der Waals surface area contributed by atoms with Crippen LogP contribution in [0, 0.1) is 5.41 Å². The number of rotatable bonds is 6. The smallest absolute Gasteiger partial charge is 0.231 e. The highest BCUT2D eigenvalue weighted by Gasteiger charge is 2.43. The van der Waals surface area contributed by atoms with E-state index < -0.39 is 5.41 Å². The standard InChI is InChI=1S/C17H31N3O3.ClH/c1-3-5-15(21)19-14-6-4-11-20(12-14)16(22)17(13-23-2)7-9-18-10-8-17;/h14,18H,3-13H2,1-2H3,(H,19,21);1H. The van der Waals surface area contributed by atoms with E-state index in [9.17, 15) is 9.59 Å². The number of nitrogens with zero attached hydrogens (tertiary/aromatic N) is 1. The van der Waals surface area contributed by atoms with Gasteiger partial charge in [0.15, 0.2) is 0 Å². The SMILES string of the molecule is CCCC(=O)NC1CCCN(C(=O)C2(COC)CCNCC2)C1.Cl. The molecule has 6 nitrogen and oxygen atoms in total. The van der Waals surface area contributed by atoms with Crippen LogP contribution < -0.4 is 10.6 Å². The molecule has 0 aliphatic carbocycles. The van der Waals surface area contributed by atoms with Gasteiger partial charge in [-0.2, -0.15) is 0 Å². The Balaban J connectivity index is 0.00000288. The van der Waals surface area contributed by atoms with Gasteiger partial charge in [-0.3, -0.25) is 9.59 Å². The summed E-state index contributed by atoms with van der Waals surface area (Å²) in [6.07, 6.45) is 4.96. The number of likely N-dealkylation sites (tertiary alicyclic amines) is 1. The van der Waals surface area contributed by atoms with Crippen LogP contribution in [-0.2, 0) is 14.3 Å². The second kappa shape index (κ2) is 10.2. The van der Waals surface area contributed by atoms with Crippen LogP contribution in [0.3, 0.4) is 0 Å². The van der Waals surface area contributed by atoms with Crippen molar-refractivity contribution in [1.29, 1.82) is 0 Å². The first kappa shape index (κ1) is 21.2. The second-order valence-corrected chi connectivity index (χ2v) is 6.87. The molecule has 0 spiro atoms. The molecule has 24 heavy (non-hydrogen) atoms. The van der Waals surface area contributed by atoms with Gasteiger partial charge < -0.3 is 20.3 Å². The normalized spacial score (nSPS) is 23.2. The van der Waals surface area contributed by atoms with E-state index in [2.05, 4.69) is 10.6 Å². The van der Waals surface area contributed by atoms with Gasteiger partial charge >= 0.3 is 0 Å². The molecule has 1 unspecified atom stereocenters. The molecule has 0 radical (unpaired) electrons. The maximum absolute atomic E-state index is 13.1. The molecular formula is C17H32ClN3O3. The molecule has 0 aromatic carbocycles. The Morgan fingerprint density at radius 2 is 2.04 bits per heavy atom. The van der Waals surface area contributed by atoms with Gasteiger partial charge in [0.1, 0.15) is 0 Å². The molecule has 2 aliphatic heterocycles. The van der Waals surface area contributed by atoms with Gasteiger partial charge in [-0.1, -0.05) is 6.92 Å². The lowest BCUT2D eigenvalue weighted by atomic mass is 9.78. The van der Waals surface area contributed by atoms with E-state index in [1.807, 2.05) is 11.8 Å². The first-order chi connectivity index (χ1) is 11.1. The van der Waals surface area contributed by atoms with Crippen LogP contribution in [0.15, 0.2) is 0 Å². The minimum atomic E-state index is -0.394. The lowest BCUT2D eigenvalue weighted by Crippen LogP contribution is -2.56. The van der Waals surface area contributed by atoms with Gasteiger partial charge in [0, 0.05) is 32.7 Å². The van der Waals surface area contributed by atoms with E-state index in [1.165, 1.54) is 0 Å². The molecule has 2 saturated heterocycles. The first-order valence-corrected chi connectivity index (χ1v) is 8.89. The highest BCUT2D eigenvalue weighted by Crippen LogP contribution is 2.32. The van der Waals surface area contributed by atoms with Crippen LogP contribution in [0.25, 0.3) is 0 Å². The Morgan fingerprint density at radius 1 is 1.33 bits per heavy atom. The van der Waals surface area contributed by atoms with Crippen molar-refractivity contribution in [1.82, 2.24) is 15.5 Å². The highest BCUT2D eigenvalue weighted by atomic mass is 35.5. The molecule has 2 fully saturated rings. The van der Waals surface area contributed by atoms with Gasteiger partial charge in [0.05, 0.1) is 12.0 Å². The average molecular weight is 362 g/mol. The third-order valence-corrected chi connectivity index (χ3v) is 4.99. The summed E-state index contributed by atoms with van der Waals surface area (Å²) >= 11 is 0. The van der Waals surface area contributed by atoms with Crippen molar-refractivity contribution < 1.29 is 14.3 Å². The van der Waals surface area contributed by atoms with Crippen molar-refractivity contribution in [2.45, 2.75) is 51.5 Å². The molecule has 0 aromatic rings. The van der Waals surface area contributed by atoms with Crippen molar-refractivity contribution in [3.63, 3.8) is 0 Å². The van der Waals surface area contributed by atoms with Crippen molar-refractivity contribution in [2.75, 3.05) is 39.9 Å². The van der Waals surface area contributed by atoms with E-state index >= 15 is 0 Å². The molecule has 2 amide bonds. The molecule has 2 N–H and O–H groups in total. The number of ether oxygens (including phenoxy) is 1. The lowest BCUT2D eigenvalue weighted by Gasteiger charge is -2.42. The van der Waals surface area contributed by atoms with Gasteiger partial charge in [0.25, 0.3) is 0 Å². The monoisotopic (exact) mass is 361 g/mol. The summed E-state index contributed by atoms with van der Waals surface area (Å²) in [5, 5.41) is 6.40. The van der Waals surface area contributed by atoms with E-state index in [0.29, 0.717) is 19.6 Å². The van der Waals surface area contributed by atoms with Crippen LogP contribution in [-0.4, -0.2) is 62.7 Å². The minimum absolute atomic E-state index is 0. The Labute approximate surface area is 151 Å². The maximum Gasteiger partial charge on any atom is 0.231 e. The molecule has 1 atom stereocenters. The second-order valence-electron chi connectivity index (χ2n) is 6.87. The summed E-state index contributed by atoms with van der Waals surface area (Å²) in [5.74, 6) is 0.301. The molecule has 2 aliphatic rings. The largest absolute Gasteiger partial charge is 0.384 e. The third-order valence-electron chi connectivity index (χ3n) is 4.99. The maximum atomic E-state index is 13.1. The van der Waals surface area contributed by atoms with Crippen LogP contribution in [0.2, 0.25) is 0 Å². The topological polar surface area (TPSA) is 70.7 Å². The summed E-state index contributed by atoms with van der Waals surface area (Å²) in [6.45, 7) is 5.63. The Bertz CT molecular complexity index is 408. The van der Waals surface area contributed by atoms with E-state index in [0.717, 1.165) is 51.7 Å². The van der Waals surface area contributed by atoms with Crippen molar-refractivity contribution >= 4 is 24.2 Å². The summed E-state index contributed by atoms with van der Waals surface area (Å²) in [6, 6.07) is 0.0908. The Kier molecular flexibility index (Phi) is 9.02. The summed E-state index contributed by atoms with van der Waals surface area (Å²) < 4.78 is 5.37. The number of amides is 2. The quantitative estimate of drug-likeness (QED) is 0.748. The molecule has 2 heterocycles. The number of piperidine rings is 2. The molecule has 2 rings (SSSR count). The third kappa shape index (κ3) is 5.33. The predicted molar refractivity (Wildman–Crippen MR) is 96.3 cm³/mol. The fourth-order valence-electron chi connectivity index (χ4n) is 3.74. The Hall–Kier alpha value is -0.850. The molecule has 0 bridgehead atoms. The fraction of sp³-hybridized carbons (Fsp3) is 0.882. The molecule has 140 valence electrons. The van der Waals surface area contributed by atoms with Crippen LogP contribution in [0.4, 0.5) is 0 Å². The number of nitrogens with one attached hydrogen (secondary N) is 2. The highest BCUT2D eigenvalue weighted by molar-refractivity contribution is 5.85. The van der Waals surface area contributed by atoms with Crippen LogP contribution in [0.5, 0.6) is 0 Å². The average Bonchev–Trinajstić information content (AvgIpc) is 2.56. The lowest BCUT2D eigenvalue weighted by molar-refractivity contribution is -0.149. The number of hydrogen-bond donors (Lipinski definition) is 2. The van der Waals surface area contributed by atoms with E-state index in [1.54, 1.807) is 7.11 Å². The zero-order chi connectivity index (χ0) is 16.7. The fourth-order valence-corrected chi connectivity index (χ4v) is 3.74. The zero-order valence-electron chi connectivity index (χ0n) is 14.9. The molecular weight excluding hydrogens is 330 g/mol. The van der Waals surface area contributed by atoms with Crippen molar-refractivity contribution in [3.8, 4) is 0 Å². The van der Waals surface area contributed by atoms with Gasteiger partial charge in [-0.25, -0.2) is 0 Å². The van der Waals surface area contributed by atoms with E-state index in [-0.39, 0.29) is 30.3 Å². The van der Waals surface area contributed by atoms with Crippen LogP contribution in [0.1, 0.15) is 45.4 Å². The predicted octanol–water partition coefficient (Wildman–Crippen LogP) is 1.33.